The monoisotopic (exact) mass is 871 g/mol. The van der Waals surface area contributed by atoms with E-state index in [0.29, 0.717) is 51.6 Å². The Morgan fingerprint density at radius 1 is 0.952 bits per heavy atom. The summed E-state index contributed by atoms with van der Waals surface area (Å²) in [4.78, 5) is 0. The van der Waals surface area contributed by atoms with Gasteiger partial charge in [0.05, 0.1) is 76.8 Å². The molecule has 0 spiro atoms. The van der Waals surface area contributed by atoms with Gasteiger partial charge in [-0.3, -0.25) is 0 Å². The lowest BCUT2D eigenvalue weighted by molar-refractivity contribution is -0.0301. The van der Waals surface area contributed by atoms with Crippen LogP contribution in [0.1, 0.15) is 90.7 Å². The van der Waals surface area contributed by atoms with Gasteiger partial charge in [-0.25, -0.2) is 0 Å². The molecule has 9 nitrogen and oxygen atoms in total. The van der Waals surface area contributed by atoms with Gasteiger partial charge in [0.15, 0.2) is 8.32 Å². The Balaban J connectivity index is 1.12. The molecule has 2 aromatic rings. The zero-order valence-electron chi connectivity index (χ0n) is 38.9. The number of epoxide rings is 1. The number of hydrogen-bond donors (Lipinski definition) is 1. The molecule has 3 aliphatic heterocycles. The molecule has 1 fully saturated rings. The van der Waals surface area contributed by atoms with Gasteiger partial charge in [0, 0.05) is 12.8 Å². The minimum absolute atomic E-state index is 0.00190. The fraction of sp³-hybridized carbons (Fsp3) is 0.577. The lowest BCUT2D eigenvalue weighted by Crippen LogP contribution is -2.47. The number of benzene rings is 2. The number of aliphatic hydroxyl groups is 1. The second kappa shape index (κ2) is 24.0. The van der Waals surface area contributed by atoms with E-state index in [1.165, 1.54) is 5.57 Å². The molecule has 2 aromatic carbocycles. The van der Waals surface area contributed by atoms with Crippen LogP contribution >= 0.6 is 0 Å². The van der Waals surface area contributed by atoms with Crippen molar-refractivity contribution in [3.8, 4) is 23.3 Å². The Morgan fingerprint density at radius 2 is 1.63 bits per heavy atom. The van der Waals surface area contributed by atoms with Crippen molar-refractivity contribution in [2.75, 3.05) is 27.4 Å². The van der Waals surface area contributed by atoms with Gasteiger partial charge < -0.3 is 42.7 Å². The van der Waals surface area contributed by atoms with E-state index in [1.54, 1.807) is 14.2 Å². The molecular weight excluding hydrogens is 797 g/mol. The topological polar surface area (TPSA) is 97.4 Å². The molecule has 9 atom stereocenters. The smallest absolute Gasteiger partial charge is 0.193 e. The van der Waals surface area contributed by atoms with E-state index in [9.17, 15) is 5.11 Å². The summed E-state index contributed by atoms with van der Waals surface area (Å²) in [5.74, 6) is 8.34. The molecular formula is C52H74O9Si. The first kappa shape index (κ1) is 49.5. The van der Waals surface area contributed by atoms with E-state index in [1.807, 2.05) is 48.5 Å². The SMILES string of the molecule is C=C(C[C@H](C)C[C@@H]1CC=C[C@@H](CC#CCOCc2ccc(OC)cc2)O1)C[C@H](O)[C@@H]1O[C@H]1C[C@H](OCc1ccc(OC)cc1)[C@H](/C=C/[C@@H]1CC(C)=CCO1)O[Si](C)(C)C(C)(C)C. The maximum Gasteiger partial charge on any atom is 0.193 e. The maximum absolute atomic E-state index is 11.5. The van der Waals surface area contributed by atoms with Crippen LogP contribution in [0, 0.1) is 17.8 Å². The Labute approximate surface area is 374 Å². The molecule has 62 heavy (non-hydrogen) atoms. The second-order valence-electron chi connectivity index (χ2n) is 18.9. The summed E-state index contributed by atoms with van der Waals surface area (Å²) in [5.41, 5.74) is 4.48. The highest BCUT2D eigenvalue weighted by atomic mass is 28.4. The van der Waals surface area contributed by atoms with E-state index in [2.05, 4.69) is 96.5 Å². The molecule has 1 saturated heterocycles. The van der Waals surface area contributed by atoms with Gasteiger partial charge in [-0.1, -0.05) is 112 Å². The quantitative estimate of drug-likeness (QED) is 0.0385. The van der Waals surface area contributed by atoms with Crippen molar-refractivity contribution >= 4 is 8.32 Å². The van der Waals surface area contributed by atoms with E-state index in [4.69, 9.17) is 37.6 Å². The van der Waals surface area contributed by atoms with Crippen LogP contribution in [0.4, 0.5) is 0 Å². The van der Waals surface area contributed by atoms with Crippen LogP contribution < -0.4 is 9.47 Å². The fourth-order valence-electron chi connectivity index (χ4n) is 7.71. The number of ether oxygens (including phenoxy) is 7. The van der Waals surface area contributed by atoms with Crippen molar-refractivity contribution in [1.29, 1.82) is 0 Å². The first-order valence-corrected chi connectivity index (χ1v) is 25.4. The van der Waals surface area contributed by atoms with E-state index in [0.717, 1.165) is 53.9 Å². The van der Waals surface area contributed by atoms with E-state index in [-0.39, 0.29) is 47.8 Å². The number of aliphatic hydroxyl groups excluding tert-OH is 1. The predicted octanol–water partition coefficient (Wildman–Crippen LogP) is 10.5. The zero-order chi connectivity index (χ0) is 44.7. The molecule has 340 valence electrons. The summed E-state index contributed by atoms with van der Waals surface area (Å²) in [6.45, 7) is 22.0. The van der Waals surface area contributed by atoms with Crippen molar-refractivity contribution in [1.82, 2.24) is 0 Å². The molecule has 0 unspecified atom stereocenters. The molecule has 0 aromatic heterocycles. The normalized spacial score (nSPS) is 23.5. The molecule has 10 heteroatoms. The summed E-state index contributed by atoms with van der Waals surface area (Å²) >= 11 is 0. The lowest BCUT2D eigenvalue weighted by Gasteiger charge is -2.40. The summed E-state index contributed by atoms with van der Waals surface area (Å²) in [6, 6.07) is 15.8. The standard InChI is InChI=1S/C52H74O9Si/c1-37-27-29-57-45(31-37)25-26-48(61-62(9,10)52(4,5)6)49(58-36-41-19-23-43(55-8)24-20-41)34-50-51(60-50)47(53)33-39(3)30-38(2)32-46-16-13-15-44(59-46)14-11-12-28-56-35-40-17-21-42(54-7)22-18-40/h13,15,17-27,38,44-51,53H,3,14,16,28-36H2,1-2,4-10H3/b26-25+/t38-,44+,45+,46-,47-,48-,49-,50-,51-/m0/s1. The van der Waals surface area contributed by atoms with Gasteiger partial charge in [-0.05, 0) is 98.5 Å². The molecule has 3 heterocycles. The predicted molar refractivity (Wildman–Crippen MR) is 250 cm³/mol. The van der Waals surface area contributed by atoms with Crippen molar-refractivity contribution < 1.29 is 42.7 Å². The van der Waals surface area contributed by atoms with Gasteiger partial charge in [-0.15, -0.1) is 0 Å². The van der Waals surface area contributed by atoms with Gasteiger partial charge in [0.2, 0.25) is 0 Å². The van der Waals surface area contributed by atoms with Crippen molar-refractivity contribution in [2.24, 2.45) is 5.92 Å². The van der Waals surface area contributed by atoms with Gasteiger partial charge >= 0.3 is 0 Å². The first-order chi connectivity index (χ1) is 29.6. The molecule has 0 bridgehead atoms. The Kier molecular flexibility index (Phi) is 19.1. The second-order valence-corrected chi connectivity index (χ2v) is 23.6. The highest BCUT2D eigenvalue weighted by Crippen LogP contribution is 2.40. The summed E-state index contributed by atoms with van der Waals surface area (Å²) in [7, 11) is 1.10. The van der Waals surface area contributed by atoms with Crippen LogP contribution in [-0.2, 0) is 41.3 Å². The van der Waals surface area contributed by atoms with Crippen molar-refractivity contribution in [2.45, 2.75) is 160 Å². The summed E-state index contributed by atoms with van der Waals surface area (Å²) < 4.78 is 49.0. The summed E-state index contributed by atoms with van der Waals surface area (Å²) in [6.07, 6.45) is 14.3. The van der Waals surface area contributed by atoms with Gasteiger partial charge in [0.25, 0.3) is 0 Å². The minimum Gasteiger partial charge on any atom is -0.497 e. The van der Waals surface area contributed by atoms with E-state index < -0.39 is 14.4 Å². The summed E-state index contributed by atoms with van der Waals surface area (Å²) in [5, 5.41) is 11.5. The first-order valence-electron chi connectivity index (χ1n) is 22.5. The van der Waals surface area contributed by atoms with Gasteiger partial charge in [0.1, 0.15) is 24.2 Å². The average Bonchev–Trinajstić information content (AvgIpc) is 4.02. The third-order valence-electron chi connectivity index (χ3n) is 12.4. The number of rotatable bonds is 23. The Morgan fingerprint density at radius 3 is 2.27 bits per heavy atom. The van der Waals surface area contributed by atoms with Crippen LogP contribution in [0.3, 0.4) is 0 Å². The minimum atomic E-state index is -2.23. The van der Waals surface area contributed by atoms with Gasteiger partial charge in [-0.2, -0.15) is 0 Å². The molecule has 0 amide bonds. The van der Waals surface area contributed by atoms with Crippen LogP contribution in [0.15, 0.2) is 96.6 Å². The van der Waals surface area contributed by atoms with Crippen LogP contribution in [-0.4, -0.2) is 89.7 Å². The van der Waals surface area contributed by atoms with Crippen LogP contribution in [0.2, 0.25) is 18.1 Å². The Bertz CT molecular complexity index is 1830. The third kappa shape index (κ3) is 16.2. The maximum atomic E-state index is 11.5. The molecule has 0 radical (unpaired) electrons. The highest BCUT2D eigenvalue weighted by Gasteiger charge is 2.48. The molecule has 5 rings (SSSR count). The zero-order valence-corrected chi connectivity index (χ0v) is 39.9. The van der Waals surface area contributed by atoms with Crippen molar-refractivity contribution in [3.63, 3.8) is 0 Å². The average molecular weight is 871 g/mol. The highest BCUT2D eigenvalue weighted by molar-refractivity contribution is 6.74. The molecule has 0 aliphatic carbocycles. The third-order valence-corrected chi connectivity index (χ3v) is 16.9. The van der Waals surface area contributed by atoms with Crippen molar-refractivity contribution in [3.05, 3.63) is 108 Å². The number of hydrogen-bond acceptors (Lipinski definition) is 9. The largest absolute Gasteiger partial charge is 0.497 e. The van der Waals surface area contributed by atoms with E-state index >= 15 is 0 Å². The Hall–Kier alpha value is -3.50. The molecule has 1 N–H and O–H groups in total. The molecule has 3 aliphatic rings. The lowest BCUT2D eigenvalue weighted by atomic mass is 9.91. The van der Waals surface area contributed by atoms with Crippen LogP contribution in [0.5, 0.6) is 11.5 Å². The fourth-order valence-corrected chi connectivity index (χ4v) is 8.97. The molecule has 0 saturated carbocycles. The number of methoxy groups -OCH3 is 2. The van der Waals surface area contributed by atoms with Crippen LogP contribution in [0.25, 0.3) is 0 Å².